The summed E-state index contributed by atoms with van der Waals surface area (Å²) in [5.74, 6) is 2.07. The number of carbonyl (C=O) groups excluding carboxylic acids is 1. The third kappa shape index (κ3) is 4.10. The van der Waals surface area contributed by atoms with Crippen LogP contribution in [-0.2, 0) is 6.54 Å². The van der Waals surface area contributed by atoms with Crippen molar-refractivity contribution in [3.8, 4) is 11.1 Å². The van der Waals surface area contributed by atoms with Crippen LogP contribution in [0.1, 0.15) is 5.56 Å². The van der Waals surface area contributed by atoms with Crippen LogP contribution in [0.3, 0.4) is 0 Å². The Morgan fingerprint density at radius 2 is 1.47 bits per heavy atom. The SMILES string of the molecule is O=C(NCC1C2CN(Cc3ccccc3)CC12)Nc1ccccc1-c1ccccc1. The molecule has 2 unspecified atom stereocenters. The monoisotopic (exact) mass is 397 g/mol. The molecule has 0 spiro atoms. The van der Waals surface area contributed by atoms with E-state index in [-0.39, 0.29) is 6.03 Å². The predicted octanol–water partition coefficient (Wildman–Crippen LogP) is 4.85. The molecule has 30 heavy (non-hydrogen) atoms. The van der Waals surface area contributed by atoms with Crippen molar-refractivity contribution in [2.24, 2.45) is 17.8 Å². The van der Waals surface area contributed by atoms with E-state index in [0.29, 0.717) is 5.92 Å². The Morgan fingerprint density at radius 1 is 0.833 bits per heavy atom. The van der Waals surface area contributed by atoms with Crippen molar-refractivity contribution in [2.45, 2.75) is 6.54 Å². The van der Waals surface area contributed by atoms with Crippen LogP contribution in [0.4, 0.5) is 10.5 Å². The van der Waals surface area contributed by atoms with Gasteiger partial charge in [0.05, 0.1) is 5.69 Å². The molecule has 1 aliphatic carbocycles. The molecule has 1 heterocycles. The lowest BCUT2D eigenvalue weighted by Gasteiger charge is -2.19. The molecule has 2 amide bonds. The average molecular weight is 398 g/mol. The first-order valence-corrected chi connectivity index (χ1v) is 10.7. The van der Waals surface area contributed by atoms with E-state index in [1.54, 1.807) is 0 Å². The van der Waals surface area contributed by atoms with Crippen LogP contribution < -0.4 is 10.6 Å². The van der Waals surface area contributed by atoms with Gasteiger partial charge in [-0.25, -0.2) is 4.79 Å². The molecule has 152 valence electrons. The zero-order valence-corrected chi connectivity index (χ0v) is 17.0. The Labute approximate surface area is 177 Å². The van der Waals surface area contributed by atoms with Gasteiger partial charge < -0.3 is 10.6 Å². The molecule has 3 aromatic rings. The van der Waals surface area contributed by atoms with Gasteiger partial charge in [0.15, 0.2) is 0 Å². The molecule has 2 atom stereocenters. The van der Waals surface area contributed by atoms with Crippen LogP contribution in [0.15, 0.2) is 84.9 Å². The normalized spacial score (nSPS) is 22.3. The van der Waals surface area contributed by atoms with Crippen LogP contribution >= 0.6 is 0 Å². The van der Waals surface area contributed by atoms with E-state index < -0.39 is 0 Å². The van der Waals surface area contributed by atoms with Crippen molar-refractivity contribution in [3.63, 3.8) is 0 Å². The van der Waals surface area contributed by atoms with Crippen LogP contribution in [-0.4, -0.2) is 30.6 Å². The Balaban J connectivity index is 1.11. The first-order chi connectivity index (χ1) is 14.8. The van der Waals surface area contributed by atoms with E-state index in [2.05, 4.69) is 58.0 Å². The zero-order valence-electron chi connectivity index (χ0n) is 17.0. The minimum Gasteiger partial charge on any atom is -0.338 e. The van der Waals surface area contributed by atoms with Crippen molar-refractivity contribution in [1.82, 2.24) is 10.2 Å². The van der Waals surface area contributed by atoms with Gasteiger partial charge in [0.2, 0.25) is 0 Å². The van der Waals surface area contributed by atoms with Gasteiger partial charge in [0, 0.05) is 31.7 Å². The molecule has 0 aromatic heterocycles. The summed E-state index contributed by atoms with van der Waals surface area (Å²) in [6.07, 6.45) is 0. The van der Waals surface area contributed by atoms with E-state index in [1.165, 1.54) is 5.56 Å². The highest BCUT2D eigenvalue weighted by molar-refractivity contribution is 5.94. The molecule has 4 nitrogen and oxygen atoms in total. The summed E-state index contributed by atoms with van der Waals surface area (Å²) in [5.41, 5.74) is 4.35. The van der Waals surface area contributed by atoms with Crippen molar-refractivity contribution < 1.29 is 4.79 Å². The number of para-hydroxylation sites is 1. The van der Waals surface area contributed by atoms with Crippen molar-refractivity contribution >= 4 is 11.7 Å². The van der Waals surface area contributed by atoms with E-state index in [4.69, 9.17) is 0 Å². The number of likely N-dealkylation sites (tertiary alicyclic amines) is 1. The van der Waals surface area contributed by atoms with Crippen LogP contribution in [0, 0.1) is 17.8 Å². The molecule has 0 radical (unpaired) electrons. The molecular weight excluding hydrogens is 370 g/mol. The minimum atomic E-state index is -0.121. The number of hydrogen-bond donors (Lipinski definition) is 2. The number of fused-ring (bicyclic) bond motifs is 1. The molecule has 1 aliphatic heterocycles. The topological polar surface area (TPSA) is 44.4 Å². The smallest absolute Gasteiger partial charge is 0.319 e. The van der Waals surface area contributed by atoms with Crippen LogP contribution in [0.2, 0.25) is 0 Å². The van der Waals surface area contributed by atoms with Crippen LogP contribution in [0.25, 0.3) is 11.1 Å². The van der Waals surface area contributed by atoms with Gasteiger partial charge in [0.1, 0.15) is 0 Å². The number of anilines is 1. The molecule has 5 rings (SSSR count). The van der Waals surface area contributed by atoms with E-state index in [9.17, 15) is 4.79 Å². The highest BCUT2D eigenvalue weighted by Gasteiger charge is 2.55. The second-order valence-corrected chi connectivity index (χ2v) is 8.42. The second kappa shape index (κ2) is 8.33. The van der Waals surface area contributed by atoms with Gasteiger partial charge in [-0.3, -0.25) is 4.90 Å². The highest BCUT2D eigenvalue weighted by Crippen LogP contribution is 2.51. The summed E-state index contributed by atoms with van der Waals surface area (Å²) in [7, 11) is 0. The predicted molar refractivity (Wildman–Crippen MR) is 121 cm³/mol. The van der Waals surface area contributed by atoms with Gasteiger partial charge in [0.25, 0.3) is 0 Å². The maximum Gasteiger partial charge on any atom is 0.319 e. The second-order valence-electron chi connectivity index (χ2n) is 8.42. The summed E-state index contributed by atoms with van der Waals surface area (Å²) >= 11 is 0. The zero-order chi connectivity index (χ0) is 20.3. The van der Waals surface area contributed by atoms with Crippen molar-refractivity contribution in [1.29, 1.82) is 0 Å². The van der Waals surface area contributed by atoms with Gasteiger partial charge in [-0.05, 0) is 34.9 Å². The number of rotatable bonds is 6. The molecular formula is C26H27N3O. The summed E-state index contributed by atoms with van der Waals surface area (Å²) in [4.78, 5) is 15.1. The first kappa shape index (κ1) is 18.9. The van der Waals surface area contributed by atoms with Gasteiger partial charge in [-0.2, -0.15) is 0 Å². The lowest BCUT2D eigenvalue weighted by atomic mass is 10.0. The molecule has 3 aromatic carbocycles. The third-order valence-electron chi connectivity index (χ3n) is 6.45. The van der Waals surface area contributed by atoms with Crippen molar-refractivity contribution in [2.75, 3.05) is 25.0 Å². The molecule has 1 saturated heterocycles. The number of benzene rings is 3. The first-order valence-electron chi connectivity index (χ1n) is 10.7. The fourth-order valence-electron chi connectivity index (χ4n) is 4.85. The number of nitrogens with zero attached hydrogens (tertiary/aromatic N) is 1. The Morgan fingerprint density at radius 3 is 2.20 bits per heavy atom. The number of carbonyl (C=O) groups is 1. The molecule has 1 saturated carbocycles. The maximum atomic E-state index is 12.5. The number of amides is 2. The van der Waals surface area contributed by atoms with E-state index >= 15 is 0 Å². The van der Waals surface area contributed by atoms with E-state index in [1.807, 2.05) is 42.5 Å². The molecule has 2 aliphatic rings. The number of piperidine rings is 1. The molecule has 2 N–H and O–H groups in total. The van der Waals surface area contributed by atoms with Crippen LogP contribution in [0.5, 0.6) is 0 Å². The number of nitrogens with one attached hydrogen (secondary N) is 2. The third-order valence-corrected chi connectivity index (χ3v) is 6.45. The maximum absolute atomic E-state index is 12.5. The molecule has 2 fully saturated rings. The minimum absolute atomic E-state index is 0.121. The molecule has 0 bridgehead atoms. The summed E-state index contributed by atoms with van der Waals surface area (Å²) in [5, 5.41) is 6.14. The Bertz CT molecular complexity index is 993. The van der Waals surface area contributed by atoms with Gasteiger partial charge in [-0.1, -0.05) is 78.9 Å². The van der Waals surface area contributed by atoms with Gasteiger partial charge in [-0.15, -0.1) is 0 Å². The lowest BCUT2D eigenvalue weighted by molar-refractivity contribution is 0.248. The fraction of sp³-hybridized carbons (Fsp3) is 0.269. The highest BCUT2D eigenvalue weighted by atomic mass is 16.2. The quantitative estimate of drug-likeness (QED) is 0.624. The summed E-state index contributed by atoms with van der Waals surface area (Å²) in [6, 6.07) is 28.6. The molecule has 4 heteroatoms. The summed E-state index contributed by atoms with van der Waals surface area (Å²) < 4.78 is 0. The average Bonchev–Trinajstić information content (AvgIpc) is 3.24. The summed E-state index contributed by atoms with van der Waals surface area (Å²) in [6.45, 7) is 4.08. The van der Waals surface area contributed by atoms with Crippen molar-refractivity contribution in [3.05, 3.63) is 90.5 Å². The lowest BCUT2D eigenvalue weighted by Crippen LogP contribution is -2.33. The largest absolute Gasteiger partial charge is 0.338 e. The number of hydrogen-bond acceptors (Lipinski definition) is 2. The fourth-order valence-corrected chi connectivity index (χ4v) is 4.85. The number of urea groups is 1. The van der Waals surface area contributed by atoms with Gasteiger partial charge >= 0.3 is 6.03 Å². The Kier molecular flexibility index (Phi) is 5.24. The Hall–Kier alpha value is -3.11. The van der Waals surface area contributed by atoms with E-state index in [0.717, 1.165) is 54.8 Å². The standard InChI is InChI=1S/C26H27N3O/c30-26(28-25-14-8-7-13-21(25)20-11-5-2-6-12-20)27-15-22-23-17-29(18-24(22)23)16-19-9-3-1-4-10-19/h1-14,22-24H,15-18H2,(H2,27,28,30).